The lowest BCUT2D eigenvalue weighted by Crippen LogP contribution is -2.78. The zero-order valence-electron chi connectivity index (χ0n) is 20.7. The first kappa shape index (κ1) is 24.4. The Balaban J connectivity index is 1.32. The lowest BCUT2D eigenvalue weighted by atomic mass is 9.46. The third kappa shape index (κ3) is 3.32. The number of alkyl halides is 1. The van der Waals surface area contributed by atoms with Gasteiger partial charge in [-0.15, -0.1) is 11.6 Å². The summed E-state index contributed by atoms with van der Waals surface area (Å²) in [4.78, 5) is 11.8. The summed E-state index contributed by atoms with van der Waals surface area (Å²) in [6, 6.07) is 5.90. The first-order valence-corrected chi connectivity index (χ1v) is 13.5. The van der Waals surface area contributed by atoms with E-state index in [1.54, 1.807) is 7.11 Å². The van der Waals surface area contributed by atoms with Gasteiger partial charge in [-0.05, 0) is 80.8 Å². The molecule has 4 bridgehead atoms. The number of benzene rings is 1. The van der Waals surface area contributed by atoms with Crippen LogP contribution in [0.1, 0.15) is 63.0 Å². The van der Waals surface area contributed by atoms with Gasteiger partial charge in [-0.2, -0.15) is 4.89 Å². The molecule has 3 N–H and O–H groups in total. The van der Waals surface area contributed by atoms with Crippen molar-refractivity contribution in [3.8, 4) is 5.75 Å². The van der Waals surface area contributed by atoms with Gasteiger partial charge in [-0.1, -0.05) is 25.5 Å². The molecule has 5 aliphatic carbocycles. The quantitative estimate of drug-likeness (QED) is 0.413. The largest absolute Gasteiger partial charge is 0.487 e. The van der Waals surface area contributed by atoms with Gasteiger partial charge < -0.3 is 24.8 Å². The van der Waals surface area contributed by atoms with Crippen LogP contribution in [0.2, 0.25) is 0 Å². The Kier molecular flexibility index (Phi) is 5.78. The van der Waals surface area contributed by atoms with Crippen LogP contribution in [0.25, 0.3) is 0 Å². The lowest BCUT2D eigenvalue weighted by Gasteiger charge is -2.70. The topological polar surface area (TPSA) is 97.6 Å². The summed E-state index contributed by atoms with van der Waals surface area (Å²) >= 11 is 7.02. The van der Waals surface area contributed by atoms with Crippen LogP contribution in [0.15, 0.2) is 18.2 Å². The van der Waals surface area contributed by atoms with E-state index in [-0.39, 0.29) is 22.6 Å². The number of hydrogen-bond donors (Lipinski definition) is 3. The molecule has 35 heavy (non-hydrogen) atoms. The van der Waals surface area contributed by atoms with Gasteiger partial charge in [0.1, 0.15) is 24.1 Å². The predicted molar refractivity (Wildman–Crippen MR) is 128 cm³/mol. The highest BCUT2D eigenvalue weighted by Gasteiger charge is 2.78. The number of aliphatic hydroxyl groups excluding tert-OH is 3. The first-order valence-electron chi connectivity index (χ1n) is 13.1. The molecule has 6 fully saturated rings. The van der Waals surface area contributed by atoms with Crippen molar-refractivity contribution in [2.45, 2.75) is 99.5 Å². The molecule has 5 saturated carbocycles. The Hall–Kier alpha value is -0.930. The molecule has 8 heteroatoms. The van der Waals surface area contributed by atoms with Crippen molar-refractivity contribution in [3.05, 3.63) is 29.3 Å². The zero-order chi connectivity index (χ0) is 24.8. The van der Waals surface area contributed by atoms with Crippen molar-refractivity contribution in [1.82, 2.24) is 0 Å². The van der Waals surface area contributed by atoms with E-state index in [1.165, 1.54) is 0 Å². The summed E-state index contributed by atoms with van der Waals surface area (Å²) in [5, 5.41) is 31.3. The zero-order valence-corrected chi connectivity index (χ0v) is 21.4. The Morgan fingerprint density at radius 3 is 2.29 bits per heavy atom. The normalized spacial score (nSPS) is 50.4. The second-order valence-electron chi connectivity index (χ2n) is 11.8. The third-order valence-electron chi connectivity index (χ3n) is 9.90. The minimum atomic E-state index is -1.24. The molecule has 194 valence electrons. The smallest absolute Gasteiger partial charge is 0.260 e. The molecule has 1 heterocycles. The molecule has 0 aromatic heterocycles. The van der Waals surface area contributed by atoms with Gasteiger partial charge in [0.25, 0.3) is 5.79 Å². The molecule has 6 aliphatic rings. The minimum Gasteiger partial charge on any atom is -0.487 e. The van der Waals surface area contributed by atoms with Crippen molar-refractivity contribution < 1.29 is 34.6 Å². The number of hydrogen-bond acceptors (Lipinski definition) is 7. The molecule has 1 aromatic carbocycles. The van der Waals surface area contributed by atoms with Crippen LogP contribution >= 0.6 is 11.6 Å². The summed E-state index contributed by atoms with van der Waals surface area (Å²) < 4.78 is 12.5. The van der Waals surface area contributed by atoms with Gasteiger partial charge in [-0.3, -0.25) is 0 Å². The van der Waals surface area contributed by atoms with Crippen molar-refractivity contribution in [1.29, 1.82) is 0 Å². The van der Waals surface area contributed by atoms with Crippen LogP contribution in [0.5, 0.6) is 5.75 Å². The van der Waals surface area contributed by atoms with Crippen molar-refractivity contribution in [2.75, 3.05) is 7.11 Å². The van der Waals surface area contributed by atoms with Gasteiger partial charge in [-0.25, -0.2) is 4.89 Å². The van der Waals surface area contributed by atoms with E-state index < -0.39 is 35.8 Å². The van der Waals surface area contributed by atoms with Crippen molar-refractivity contribution >= 4 is 11.6 Å². The minimum absolute atomic E-state index is 0.139. The Morgan fingerprint density at radius 1 is 1.00 bits per heavy atom. The fourth-order valence-electron chi connectivity index (χ4n) is 8.24. The maximum atomic E-state index is 10.7. The van der Waals surface area contributed by atoms with E-state index in [4.69, 9.17) is 30.8 Å². The second-order valence-corrected chi connectivity index (χ2v) is 12.6. The number of rotatable bonds is 5. The molecular weight excluding hydrogens is 472 g/mol. The molecule has 7 rings (SSSR count). The van der Waals surface area contributed by atoms with Crippen molar-refractivity contribution in [2.24, 2.45) is 23.7 Å². The molecule has 0 amide bonds. The average Bonchev–Trinajstić information content (AvgIpc) is 2.80. The number of ether oxygens (including phenoxy) is 2. The second kappa shape index (κ2) is 8.29. The van der Waals surface area contributed by atoms with Gasteiger partial charge in [0.2, 0.25) is 0 Å². The van der Waals surface area contributed by atoms with Crippen molar-refractivity contribution in [3.63, 3.8) is 0 Å². The number of halogens is 1. The van der Waals surface area contributed by atoms with Crippen LogP contribution < -0.4 is 4.74 Å². The number of methoxy groups -OCH3 is 1. The highest BCUT2D eigenvalue weighted by atomic mass is 35.5. The van der Waals surface area contributed by atoms with E-state index in [1.807, 2.05) is 32.0 Å². The molecule has 0 radical (unpaired) electrons. The molecule has 1 aromatic rings. The van der Waals surface area contributed by atoms with E-state index in [2.05, 4.69) is 0 Å². The maximum absolute atomic E-state index is 10.7. The molecule has 1 aliphatic heterocycles. The Labute approximate surface area is 211 Å². The maximum Gasteiger partial charge on any atom is 0.260 e. The fourth-order valence-corrected chi connectivity index (χ4v) is 8.83. The van der Waals surface area contributed by atoms with Gasteiger partial charge in [0.15, 0.2) is 5.60 Å². The summed E-state index contributed by atoms with van der Waals surface area (Å²) in [5.41, 5.74) is 1.14. The Bertz CT molecular complexity index is 964. The standard InChI is InChI=1S/C27H37ClO7/c1-4-16-9-21(23(30)24(31)22(16)29)33-20-10-17(6-5-14(20)2)27(32-3)26(34-35-27)18-7-15-8-19(26)13-25(28,11-15)12-18/h5-6,10,15-16,18-19,21-24,29-31H,4,7-9,11-13H2,1-3H3. The molecule has 1 spiro atoms. The number of aryl methyl sites for hydroxylation is 1. The number of aliphatic hydroxyl groups is 3. The van der Waals surface area contributed by atoms with Crippen LogP contribution in [-0.2, 0) is 20.3 Å². The van der Waals surface area contributed by atoms with Gasteiger partial charge >= 0.3 is 0 Å². The third-order valence-corrected chi connectivity index (χ3v) is 10.4. The highest BCUT2D eigenvalue weighted by Crippen LogP contribution is 2.71. The van der Waals surface area contributed by atoms with Crippen LogP contribution in [0, 0.1) is 30.6 Å². The molecular formula is C27H37ClO7. The summed E-state index contributed by atoms with van der Waals surface area (Å²) in [5.74, 6) is 0.550. The van der Waals surface area contributed by atoms with E-state index in [0.717, 1.165) is 43.2 Å². The molecule has 7 nitrogen and oxygen atoms in total. The molecule has 1 saturated heterocycles. The van der Waals surface area contributed by atoms with Crippen LogP contribution in [0.4, 0.5) is 0 Å². The molecule has 8 atom stereocenters. The lowest BCUT2D eigenvalue weighted by molar-refractivity contribution is -0.645. The first-order chi connectivity index (χ1) is 16.7. The summed E-state index contributed by atoms with van der Waals surface area (Å²) in [6.45, 7) is 3.91. The van der Waals surface area contributed by atoms with Crippen LogP contribution in [0.3, 0.4) is 0 Å². The van der Waals surface area contributed by atoms with E-state index in [0.29, 0.717) is 24.5 Å². The highest BCUT2D eigenvalue weighted by molar-refractivity contribution is 6.24. The summed E-state index contributed by atoms with van der Waals surface area (Å²) in [7, 11) is 1.67. The predicted octanol–water partition coefficient (Wildman–Crippen LogP) is 3.57. The van der Waals surface area contributed by atoms with Crippen LogP contribution in [-0.4, -0.2) is 57.3 Å². The monoisotopic (exact) mass is 508 g/mol. The fraction of sp³-hybridized carbons (Fsp3) is 0.778. The van der Waals surface area contributed by atoms with Gasteiger partial charge in [0.05, 0.1) is 6.10 Å². The molecule has 8 unspecified atom stereocenters. The van der Waals surface area contributed by atoms with Gasteiger partial charge in [0, 0.05) is 17.5 Å². The summed E-state index contributed by atoms with van der Waals surface area (Å²) in [6.07, 6.45) is 2.18. The van der Waals surface area contributed by atoms with E-state index >= 15 is 0 Å². The van der Waals surface area contributed by atoms with E-state index in [9.17, 15) is 15.3 Å². The average molecular weight is 509 g/mol. The SMILES string of the molecule is CCC1CC(Oc2cc(C3(OC)OOC34C3CC5CC4CC(Cl)(C5)C3)ccc2C)C(O)C(O)C1O. The Morgan fingerprint density at radius 2 is 1.71 bits per heavy atom.